The lowest BCUT2D eigenvalue weighted by atomic mass is 10.00. The van der Waals surface area contributed by atoms with Crippen LogP contribution in [0.1, 0.15) is 22.3 Å². The van der Waals surface area contributed by atoms with Crippen LogP contribution in [-0.2, 0) is 6.54 Å². The van der Waals surface area contributed by atoms with Crippen LogP contribution in [0.4, 0.5) is 0 Å². The Bertz CT molecular complexity index is 1070. The van der Waals surface area contributed by atoms with E-state index in [1.165, 1.54) is 22.3 Å². The molecule has 1 heterocycles. The summed E-state index contributed by atoms with van der Waals surface area (Å²) in [6, 6.07) is 22.5. The van der Waals surface area contributed by atoms with E-state index >= 15 is 0 Å². The normalized spacial score (nSPS) is 10.8. The molecule has 3 heteroatoms. The zero-order valence-corrected chi connectivity index (χ0v) is 16.6. The fourth-order valence-electron chi connectivity index (χ4n) is 3.64. The number of ether oxygens (including phenoxy) is 1. The van der Waals surface area contributed by atoms with Crippen LogP contribution in [-0.4, -0.2) is 4.57 Å². The summed E-state index contributed by atoms with van der Waals surface area (Å²) in [6.45, 7) is 7.38. The smallest absolute Gasteiger partial charge is 0.249 e. The number of benzene rings is 3. The van der Waals surface area contributed by atoms with E-state index in [1.54, 1.807) is 0 Å². The maximum Gasteiger partial charge on any atom is 0.249 e. The van der Waals surface area contributed by atoms with Gasteiger partial charge in [-0.15, -0.1) is 0 Å². The second-order valence-electron chi connectivity index (χ2n) is 7.25. The van der Waals surface area contributed by atoms with E-state index in [4.69, 9.17) is 4.74 Å². The lowest BCUT2D eigenvalue weighted by molar-refractivity contribution is -0.687. The molecule has 0 fully saturated rings. The summed E-state index contributed by atoms with van der Waals surface area (Å²) in [4.78, 5) is 0. The molecule has 28 heavy (non-hydrogen) atoms. The molecule has 0 saturated carbocycles. The second kappa shape index (κ2) is 7.73. The standard InChI is InChI=1S/C25H25N2O/c1-19-15-20(2)23(21(3)16-19)17-26-13-14-27(18-26)24-11-7-8-12-25(24)28-22-9-5-4-6-10-22/h4-16,18H,17H2,1-3H3/q+1. The fraction of sp³-hybridized carbons (Fsp3) is 0.160. The van der Waals surface area contributed by atoms with Crippen LogP contribution in [0.15, 0.2) is 85.5 Å². The lowest BCUT2D eigenvalue weighted by Crippen LogP contribution is -2.32. The van der Waals surface area contributed by atoms with Crippen LogP contribution >= 0.6 is 0 Å². The number of rotatable bonds is 5. The molecule has 140 valence electrons. The maximum absolute atomic E-state index is 6.11. The van der Waals surface area contributed by atoms with Crippen molar-refractivity contribution in [1.29, 1.82) is 0 Å². The van der Waals surface area contributed by atoms with E-state index in [0.29, 0.717) is 0 Å². The van der Waals surface area contributed by atoms with Gasteiger partial charge < -0.3 is 4.74 Å². The molecule has 3 aromatic carbocycles. The van der Waals surface area contributed by atoms with Crippen molar-refractivity contribution in [3.63, 3.8) is 0 Å². The number of imidazole rings is 1. The Hall–Kier alpha value is -3.33. The van der Waals surface area contributed by atoms with Crippen molar-refractivity contribution in [1.82, 2.24) is 4.57 Å². The Balaban J connectivity index is 1.62. The van der Waals surface area contributed by atoms with Gasteiger partial charge in [0.05, 0.1) is 0 Å². The first kappa shape index (κ1) is 18.1. The number of para-hydroxylation sites is 3. The Morgan fingerprint density at radius 1 is 0.857 bits per heavy atom. The van der Waals surface area contributed by atoms with E-state index in [1.807, 2.05) is 48.5 Å². The fourth-order valence-corrected chi connectivity index (χ4v) is 3.64. The molecule has 4 aromatic rings. The molecular weight excluding hydrogens is 344 g/mol. The van der Waals surface area contributed by atoms with Crippen LogP contribution in [0.5, 0.6) is 11.5 Å². The van der Waals surface area contributed by atoms with Gasteiger partial charge in [-0.25, -0.2) is 4.57 Å². The molecule has 4 rings (SSSR count). The van der Waals surface area contributed by atoms with Gasteiger partial charge in [-0.1, -0.05) is 48.0 Å². The summed E-state index contributed by atoms with van der Waals surface area (Å²) >= 11 is 0. The topological polar surface area (TPSA) is 18.0 Å². The van der Waals surface area contributed by atoms with Crippen LogP contribution in [0.25, 0.3) is 5.69 Å². The summed E-state index contributed by atoms with van der Waals surface area (Å²) in [5, 5.41) is 0. The molecule has 3 nitrogen and oxygen atoms in total. The van der Waals surface area contributed by atoms with Crippen LogP contribution in [0, 0.1) is 20.8 Å². The zero-order chi connectivity index (χ0) is 19.5. The average molecular weight is 369 g/mol. The van der Waals surface area contributed by atoms with Crippen molar-refractivity contribution in [3.05, 3.63) is 108 Å². The third-order valence-corrected chi connectivity index (χ3v) is 4.99. The van der Waals surface area contributed by atoms with Gasteiger partial charge in [0.1, 0.15) is 24.7 Å². The molecule has 0 unspecified atom stereocenters. The van der Waals surface area contributed by atoms with Crippen molar-refractivity contribution in [2.75, 3.05) is 0 Å². The lowest BCUT2D eigenvalue weighted by Gasteiger charge is -2.09. The van der Waals surface area contributed by atoms with Crippen molar-refractivity contribution in [2.24, 2.45) is 0 Å². The molecule has 0 radical (unpaired) electrons. The van der Waals surface area contributed by atoms with E-state index in [9.17, 15) is 0 Å². The molecule has 0 spiro atoms. The predicted molar refractivity (Wildman–Crippen MR) is 112 cm³/mol. The quantitative estimate of drug-likeness (QED) is 0.423. The zero-order valence-electron chi connectivity index (χ0n) is 16.6. The molecule has 0 saturated heterocycles. The van der Waals surface area contributed by atoms with Gasteiger partial charge in [-0.3, -0.25) is 0 Å². The summed E-state index contributed by atoms with van der Waals surface area (Å²) < 4.78 is 10.4. The summed E-state index contributed by atoms with van der Waals surface area (Å²) in [5.74, 6) is 1.67. The minimum Gasteiger partial charge on any atom is -0.453 e. The average Bonchev–Trinajstić information content (AvgIpc) is 3.14. The van der Waals surface area contributed by atoms with E-state index in [0.717, 1.165) is 23.7 Å². The van der Waals surface area contributed by atoms with Gasteiger partial charge in [-0.2, -0.15) is 4.57 Å². The second-order valence-corrected chi connectivity index (χ2v) is 7.25. The molecule has 0 N–H and O–H groups in total. The summed E-state index contributed by atoms with van der Waals surface area (Å²) in [7, 11) is 0. The highest BCUT2D eigenvalue weighted by atomic mass is 16.5. The third kappa shape index (κ3) is 3.84. The van der Waals surface area contributed by atoms with Crippen LogP contribution in [0.2, 0.25) is 0 Å². The van der Waals surface area contributed by atoms with E-state index in [2.05, 4.69) is 66.8 Å². The monoisotopic (exact) mass is 369 g/mol. The van der Waals surface area contributed by atoms with Gasteiger partial charge in [0.15, 0.2) is 11.4 Å². The third-order valence-electron chi connectivity index (χ3n) is 4.99. The van der Waals surface area contributed by atoms with E-state index < -0.39 is 0 Å². The predicted octanol–water partition coefficient (Wildman–Crippen LogP) is 5.53. The molecule has 0 atom stereocenters. The first-order valence-electron chi connectivity index (χ1n) is 9.56. The number of hydrogen-bond donors (Lipinski definition) is 0. The summed E-state index contributed by atoms with van der Waals surface area (Å²) in [5.41, 5.74) is 6.38. The van der Waals surface area contributed by atoms with Crippen LogP contribution in [0.3, 0.4) is 0 Å². The maximum atomic E-state index is 6.11. The molecule has 0 aliphatic rings. The number of aromatic nitrogens is 2. The van der Waals surface area contributed by atoms with Gasteiger partial charge >= 0.3 is 0 Å². The molecule has 0 amide bonds. The SMILES string of the molecule is Cc1cc(C)c(C[n+]2ccn(-c3ccccc3Oc3ccccc3)c2)c(C)c1. The van der Waals surface area contributed by atoms with Gasteiger partial charge in [-0.05, 0) is 61.7 Å². The van der Waals surface area contributed by atoms with E-state index in [-0.39, 0.29) is 0 Å². The molecule has 0 aliphatic heterocycles. The molecule has 0 bridgehead atoms. The van der Waals surface area contributed by atoms with Crippen molar-refractivity contribution < 1.29 is 9.30 Å². The Morgan fingerprint density at radius 2 is 1.54 bits per heavy atom. The Kier molecular flexibility index (Phi) is 4.98. The minimum atomic E-state index is 0.833. The van der Waals surface area contributed by atoms with Crippen molar-refractivity contribution >= 4 is 0 Å². The van der Waals surface area contributed by atoms with Gasteiger partial charge in [0, 0.05) is 0 Å². The molecule has 1 aromatic heterocycles. The highest BCUT2D eigenvalue weighted by Gasteiger charge is 2.14. The Labute approximate surface area is 166 Å². The largest absolute Gasteiger partial charge is 0.453 e. The van der Waals surface area contributed by atoms with Gasteiger partial charge in [0.2, 0.25) is 6.33 Å². The first-order chi connectivity index (χ1) is 13.6. The highest BCUT2D eigenvalue weighted by molar-refractivity contribution is 5.48. The van der Waals surface area contributed by atoms with Crippen molar-refractivity contribution in [2.45, 2.75) is 27.3 Å². The number of hydrogen-bond acceptors (Lipinski definition) is 1. The molecule has 0 aliphatic carbocycles. The number of aryl methyl sites for hydroxylation is 3. The van der Waals surface area contributed by atoms with Gasteiger partial charge in [0.25, 0.3) is 0 Å². The van der Waals surface area contributed by atoms with Crippen molar-refractivity contribution in [3.8, 4) is 17.2 Å². The molecular formula is C25H25N2O+. The minimum absolute atomic E-state index is 0.833. The van der Waals surface area contributed by atoms with Crippen LogP contribution < -0.4 is 9.30 Å². The Morgan fingerprint density at radius 3 is 2.29 bits per heavy atom. The number of nitrogens with zero attached hydrogens (tertiary/aromatic N) is 2. The first-order valence-corrected chi connectivity index (χ1v) is 9.56. The highest BCUT2D eigenvalue weighted by Crippen LogP contribution is 2.27. The summed E-state index contributed by atoms with van der Waals surface area (Å²) in [6.07, 6.45) is 6.30.